The van der Waals surface area contributed by atoms with Crippen molar-refractivity contribution in [2.24, 2.45) is 0 Å². The SMILES string of the molecule is O=C(O)c1cc(-c2cc3c(c(Br)c2F)OCCO3)on1. The van der Waals surface area contributed by atoms with Crippen molar-refractivity contribution in [3.8, 4) is 22.8 Å². The van der Waals surface area contributed by atoms with Gasteiger partial charge in [0.2, 0.25) is 0 Å². The zero-order chi connectivity index (χ0) is 14.3. The lowest BCUT2D eigenvalue weighted by atomic mass is 10.1. The number of ether oxygens (including phenoxy) is 2. The van der Waals surface area contributed by atoms with Crippen molar-refractivity contribution in [3.05, 3.63) is 28.1 Å². The van der Waals surface area contributed by atoms with Crippen LogP contribution >= 0.6 is 15.9 Å². The van der Waals surface area contributed by atoms with Crippen LogP contribution in [-0.4, -0.2) is 29.4 Å². The Balaban J connectivity index is 2.13. The Kier molecular flexibility index (Phi) is 3.09. The minimum atomic E-state index is -1.25. The molecule has 0 unspecified atom stereocenters. The van der Waals surface area contributed by atoms with Crippen LogP contribution in [0.1, 0.15) is 10.5 Å². The summed E-state index contributed by atoms with van der Waals surface area (Å²) in [6, 6.07) is 2.53. The topological polar surface area (TPSA) is 81.8 Å². The van der Waals surface area contributed by atoms with Gasteiger partial charge >= 0.3 is 5.97 Å². The van der Waals surface area contributed by atoms with E-state index in [1.54, 1.807) is 0 Å². The van der Waals surface area contributed by atoms with E-state index in [1.807, 2.05) is 0 Å². The zero-order valence-electron chi connectivity index (χ0n) is 9.85. The van der Waals surface area contributed by atoms with Crippen LogP contribution in [0.25, 0.3) is 11.3 Å². The molecule has 0 atom stereocenters. The van der Waals surface area contributed by atoms with Crippen molar-refractivity contribution in [1.29, 1.82) is 0 Å². The highest BCUT2D eigenvalue weighted by atomic mass is 79.9. The number of hydrogen-bond acceptors (Lipinski definition) is 5. The monoisotopic (exact) mass is 343 g/mol. The number of benzene rings is 1. The van der Waals surface area contributed by atoms with Crippen molar-refractivity contribution in [1.82, 2.24) is 5.16 Å². The van der Waals surface area contributed by atoms with Crippen molar-refractivity contribution in [2.45, 2.75) is 0 Å². The second-order valence-corrected chi connectivity index (χ2v) is 4.75. The third-order valence-electron chi connectivity index (χ3n) is 2.71. The molecule has 0 amide bonds. The molecule has 1 N–H and O–H groups in total. The normalized spacial score (nSPS) is 13.3. The summed E-state index contributed by atoms with van der Waals surface area (Å²) in [5.74, 6) is -1.26. The van der Waals surface area contributed by atoms with Gasteiger partial charge in [0.1, 0.15) is 13.2 Å². The van der Waals surface area contributed by atoms with Gasteiger partial charge in [0.25, 0.3) is 0 Å². The number of nitrogens with zero attached hydrogens (tertiary/aromatic N) is 1. The number of aromatic nitrogens is 1. The summed E-state index contributed by atoms with van der Waals surface area (Å²) in [5, 5.41) is 12.1. The number of halogens is 2. The smallest absolute Gasteiger partial charge is 0.358 e. The highest BCUT2D eigenvalue weighted by Gasteiger charge is 2.25. The Morgan fingerprint density at radius 2 is 2.10 bits per heavy atom. The molecule has 0 spiro atoms. The summed E-state index contributed by atoms with van der Waals surface area (Å²) in [6.07, 6.45) is 0. The second kappa shape index (κ2) is 4.78. The molecule has 0 saturated carbocycles. The van der Waals surface area contributed by atoms with E-state index in [0.717, 1.165) is 6.07 Å². The van der Waals surface area contributed by atoms with Crippen molar-refractivity contribution in [3.63, 3.8) is 0 Å². The number of hydrogen-bond donors (Lipinski definition) is 1. The summed E-state index contributed by atoms with van der Waals surface area (Å²) in [6.45, 7) is 0.678. The predicted molar refractivity (Wildman–Crippen MR) is 67.5 cm³/mol. The van der Waals surface area contributed by atoms with Crippen LogP contribution in [0.2, 0.25) is 0 Å². The van der Waals surface area contributed by atoms with E-state index in [4.69, 9.17) is 19.1 Å². The van der Waals surface area contributed by atoms with Crippen LogP contribution < -0.4 is 9.47 Å². The van der Waals surface area contributed by atoms with Gasteiger partial charge in [-0.15, -0.1) is 0 Å². The van der Waals surface area contributed by atoms with E-state index in [-0.39, 0.29) is 27.2 Å². The Morgan fingerprint density at radius 3 is 2.80 bits per heavy atom. The van der Waals surface area contributed by atoms with E-state index in [0.29, 0.717) is 19.0 Å². The maximum absolute atomic E-state index is 14.3. The fraction of sp³-hybridized carbons (Fsp3) is 0.167. The quantitative estimate of drug-likeness (QED) is 0.902. The molecular formula is C12H7BrFNO5. The van der Waals surface area contributed by atoms with E-state index in [2.05, 4.69) is 21.1 Å². The van der Waals surface area contributed by atoms with Gasteiger partial charge in [0, 0.05) is 6.07 Å². The van der Waals surface area contributed by atoms with Gasteiger partial charge in [0.05, 0.1) is 10.0 Å². The summed E-state index contributed by atoms with van der Waals surface area (Å²) >= 11 is 3.09. The molecule has 0 aliphatic carbocycles. The van der Waals surface area contributed by atoms with Gasteiger partial charge in [0.15, 0.2) is 28.8 Å². The van der Waals surface area contributed by atoms with E-state index in [9.17, 15) is 9.18 Å². The lowest BCUT2D eigenvalue weighted by Gasteiger charge is -2.20. The first kappa shape index (κ1) is 12.9. The van der Waals surface area contributed by atoms with E-state index >= 15 is 0 Å². The first-order valence-electron chi connectivity index (χ1n) is 5.56. The van der Waals surface area contributed by atoms with Crippen molar-refractivity contribution < 1.29 is 28.3 Å². The van der Waals surface area contributed by atoms with Crippen LogP contribution in [0.3, 0.4) is 0 Å². The zero-order valence-corrected chi connectivity index (χ0v) is 11.4. The standard InChI is InChI=1S/C12H7BrFNO5/c13-9-10(14)5(3-8-11(9)19-2-1-18-8)7-4-6(12(16)17)15-20-7/h3-4H,1-2H2,(H,16,17). The summed E-state index contributed by atoms with van der Waals surface area (Å²) in [5.41, 5.74) is -0.258. The predicted octanol–water partition coefficient (Wildman–Crippen LogP) is 2.71. The largest absolute Gasteiger partial charge is 0.486 e. The fourth-order valence-electron chi connectivity index (χ4n) is 1.81. The third-order valence-corrected chi connectivity index (χ3v) is 3.42. The number of carbonyl (C=O) groups is 1. The average Bonchev–Trinajstić information content (AvgIpc) is 2.92. The molecule has 3 rings (SSSR count). The third kappa shape index (κ3) is 2.01. The van der Waals surface area contributed by atoms with Gasteiger partial charge in [-0.3, -0.25) is 0 Å². The van der Waals surface area contributed by atoms with Crippen molar-refractivity contribution in [2.75, 3.05) is 13.2 Å². The van der Waals surface area contributed by atoms with Gasteiger partial charge in [-0.2, -0.15) is 0 Å². The minimum Gasteiger partial charge on any atom is -0.486 e. The van der Waals surface area contributed by atoms with Crippen LogP contribution in [0, 0.1) is 5.82 Å². The molecule has 1 aromatic heterocycles. The molecule has 6 nitrogen and oxygen atoms in total. The first-order valence-corrected chi connectivity index (χ1v) is 6.35. The van der Waals surface area contributed by atoms with Crippen LogP contribution in [0.5, 0.6) is 11.5 Å². The van der Waals surface area contributed by atoms with Gasteiger partial charge in [-0.1, -0.05) is 5.16 Å². The molecule has 0 bridgehead atoms. The summed E-state index contributed by atoms with van der Waals surface area (Å²) in [7, 11) is 0. The molecular weight excluding hydrogens is 337 g/mol. The maximum atomic E-state index is 14.3. The molecule has 2 heterocycles. The van der Waals surface area contributed by atoms with Gasteiger partial charge in [-0.25, -0.2) is 9.18 Å². The van der Waals surface area contributed by atoms with Crippen LogP contribution in [0.4, 0.5) is 4.39 Å². The molecule has 0 radical (unpaired) electrons. The molecule has 0 saturated heterocycles. The highest BCUT2D eigenvalue weighted by Crippen LogP contribution is 2.43. The summed E-state index contributed by atoms with van der Waals surface area (Å²) in [4.78, 5) is 10.8. The maximum Gasteiger partial charge on any atom is 0.358 e. The number of carboxylic acid groups (broad SMARTS) is 1. The average molecular weight is 344 g/mol. The molecule has 8 heteroatoms. The van der Waals surface area contributed by atoms with Gasteiger partial charge in [-0.05, 0) is 22.0 Å². The molecule has 1 aromatic carbocycles. The van der Waals surface area contributed by atoms with Gasteiger partial charge < -0.3 is 19.1 Å². The van der Waals surface area contributed by atoms with E-state index < -0.39 is 11.8 Å². The molecule has 0 fully saturated rings. The highest BCUT2D eigenvalue weighted by molar-refractivity contribution is 9.10. The molecule has 1 aliphatic heterocycles. The Labute approximate surface area is 120 Å². The first-order chi connectivity index (χ1) is 9.58. The Morgan fingerprint density at radius 1 is 1.35 bits per heavy atom. The molecule has 104 valence electrons. The minimum absolute atomic E-state index is 0.00225. The van der Waals surface area contributed by atoms with E-state index in [1.165, 1.54) is 6.07 Å². The number of fused-ring (bicyclic) bond motifs is 1. The van der Waals surface area contributed by atoms with Crippen molar-refractivity contribution >= 4 is 21.9 Å². The second-order valence-electron chi connectivity index (χ2n) is 3.96. The Bertz CT molecular complexity index is 699. The summed E-state index contributed by atoms with van der Waals surface area (Å²) < 4.78 is 29.9. The molecule has 1 aliphatic rings. The fourth-order valence-corrected chi connectivity index (χ4v) is 2.33. The number of rotatable bonds is 2. The number of carboxylic acids is 1. The molecule has 20 heavy (non-hydrogen) atoms. The lowest BCUT2D eigenvalue weighted by molar-refractivity contribution is 0.0686. The molecule has 2 aromatic rings. The lowest BCUT2D eigenvalue weighted by Crippen LogP contribution is -2.16. The Hall–Kier alpha value is -2.09. The number of aromatic carboxylic acids is 1. The van der Waals surface area contributed by atoms with Crippen LogP contribution in [-0.2, 0) is 0 Å². The van der Waals surface area contributed by atoms with Crippen LogP contribution in [0.15, 0.2) is 21.1 Å².